The number of nitrogens with zero attached hydrogens (tertiary/aromatic N) is 3. The van der Waals surface area contributed by atoms with E-state index in [9.17, 15) is 5.11 Å². The molecule has 0 bridgehead atoms. The van der Waals surface area contributed by atoms with Crippen molar-refractivity contribution in [1.29, 1.82) is 5.26 Å². The molecule has 19 heavy (non-hydrogen) atoms. The van der Waals surface area contributed by atoms with E-state index in [-0.39, 0.29) is 0 Å². The van der Waals surface area contributed by atoms with Crippen LogP contribution in [0, 0.1) is 11.3 Å². The Morgan fingerprint density at radius 1 is 1.53 bits per heavy atom. The standard InChI is InChI=1S/C13H13ClN4O/c14-12-3-2-10(7-15)6-13(12)16-8-11(19)9-18-5-1-4-17-18/h1-6,11,16,19H,8-9H2. The largest absolute Gasteiger partial charge is 0.389 e. The van der Waals surface area contributed by atoms with Crippen molar-refractivity contribution in [1.82, 2.24) is 9.78 Å². The van der Waals surface area contributed by atoms with Gasteiger partial charge in [-0.05, 0) is 24.3 Å². The van der Waals surface area contributed by atoms with Crippen LogP contribution in [0.1, 0.15) is 5.56 Å². The highest BCUT2D eigenvalue weighted by atomic mass is 35.5. The number of hydrogen-bond donors (Lipinski definition) is 2. The first-order valence-corrected chi connectivity index (χ1v) is 6.16. The molecule has 5 nitrogen and oxygen atoms in total. The summed E-state index contributed by atoms with van der Waals surface area (Å²) < 4.78 is 1.65. The highest BCUT2D eigenvalue weighted by Crippen LogP contribution is 2.22. The normalized spacial score (nSPS) is 11.8. The highest BCUT2D eigenvalue weighted by Gasteiger charge is 2.07. The Hall–Kier alpha value is -2.03. The van der Waals surface area contributed by atoms with Crippen molar-refractivity contribution in [2.24, 2.45) is 0 Å². The smallest absolute Gasteiger partial charge is 0.0992 e. The van der Waals surface area contributed by atoms with E-state index in [1.165, 1.54) is 0 Å². The van der Waals surface area contributed by atoms with Gasteiger partial charge in [0, 0.05) is 18.9 Å². The third-order valence-electron chi connectivity index (χ3n) is 2.58. The Balaban J connectivity index is 1.93. The van der Waals surface area contributed by atoms with Gasteiger partial charge in [-0.25, -0.2) is 0 Å². The number of aromatic nitrogens is 2. The average Bonchev–Trinajstić information content (AvgIpc) is 2.90. The summed E-state index contributed by atoms with van der Waals surface area (Å²) in [6, 6.07) is 8.80. The van der Waals surface area contributed by atoms with Gasteiger partial charge in [-0.1, -0.05) is 11.6 Å². The number of halogens is 1. The molecular formula is C13H13ClN4O. The number of rotatable bonds is 5. The molecule has 2 aromatic rings. The van der Waals surface area contributed by atoms with E-state index in [0.717, 1.165) is 0 Å². The van der Waals surface area contributed by atoms with Crippen molar-refractivity contribution in [3.8, 4) is 6.07 Å². The molecule has 1 aromatic heterocycles. The molecule has 0 aliphatic rings. The van der Waals surface area contributed by atoms with Crippen LogP contribution in [-0.4, -0.2) is 27.5 Å². The molecule has 1 unspecified atom stereocenters. The Morgan fingerprint density at radius 3 is 3.05 bits per heavy atom. The minimum atomic E-state index is -0.596. The number of aliphatic hydroxyl groups is 1. The van der Waals surface area contributed by atoms with E-state index in [1.807, 2.05) is 6.07 Å². The average molecular weight is 277 g/mol. The van der Waals surface area contributed by atoms with Crippen molar-refractivity contribution in [3.05, 3.63) is 47.2 Å². The summed E-state index contributed by atoms with van der Waals surface area (Å²) in [5, 5.41) is 26.2. The quantitative estimate of drug-likeness (QED) is 0.874. The van der Waals surface area contributed by atoms with Gasteiger partial charge in [0.1, 0.15) is 0 Å². The van der Waals surface area contributed by atoms with E-state index < -0.39 is 6.10 Å². The third-order valence-corrected chi connectivity index (χ3v) is 2.91. The predicted molar refractivity (Wildman–Crippen MR) is 72.9 cm³/mol. The summed E-state index contributed by atoms with van der Waals surface area (Å²) in [7, 11) is 0. The monoisotopic (exact) mass is 276 g/mol. The Bertz CT molecular complexity index is 577. The van der Waals surface area contributed by atoms with Gasteiger partial charge in [-0.3, -0.25) is 4.68 Å². The van der Waals surface area contributed by atoms with Gasteiger partial charge >= 0.3 is 0 Å². The molecule has 0 aliphatic heterocycles. The molecule has 0 amide bonds. The molecule has 0 fully saturated rings. The van der Waals surface area contributed by atoms with Crippen LogP contribution in [0.25, 0.3) is 0 Å². The van der Waals surface area contributed by atoms with Crippen LogP contribution in [0.5, 0.6) is 0 Å². The molecule has 6 heteroatoms. The van der Waals surface area contributed by atoms with Crippen LogP contribution in [0.4, 0.5) is 5.69 Å². The van der Waals surface area contributed by atoms with Crippen LogP contribution >= 0.6 is 11.6 Å². The van der Waals surface area contributed by atoms with Crippen LogP contribution in [-0.2, 0) is 6.54 Å². The molecule has 2 N–H and O–H groups in total. The van der Waals surface area contributed by atoms with Gasteiger partial charge < -0.3 is 10.4 Å². The third kappa shape index (κ3) is 3.71. The maximum Gasteiger partial charge on any atom is 0.0992 e. The SMILES string of the molecule is N#Cc1ccc(Cl)c(NCC(O)Cn2cccn2)c1. The van der Waals surface area contributed by atoms with Crippen LogP contribution in [0.3, 0.4) is 0 Å². The second kappa shape index (κ2) is 6.23. The fourth-order valence-corrected chi connectivity index (χ4v) is 1.83. The maximum absolute atomic E-state index is 9.87. The van der Waals surface area contributed by atoms with Crippen LogP contribution in [0.2, 0.25) is 5.02 Å². The van der Waals surface area contributed by atoms with Gasteiger partial charge in [0.15, 0.2) is 0 Å². The zero-order valence-electron chi connectivity index (χ0n) is 10.1. The van der Waals surface area contributed by atoms with E-state index in [4.69, 9.17) is 16.9 Å². The number of nitrogens with one attached hydrogen (secondary N) is 1. The van der Waals surface area contributed by atoms with Gasteiger partial charge in [0.25, 0.3) is 0 Å². The summed E-state index contributed by atoms with van der Waals surface area (Å²) >= 11 is 6.01. The molecule has 1 atom stereocenters. The molecule has 1 heterocycles. The van der Waals surface area contributed by atoms with Crippen LogP contribution < -0.4 is 5.32 Å². The molecule has 1 aromatic carbocycles. The molecule has 0 aliphatic carbocycles. The lowest BCUT2D eigenvalue weighted by Gasteiger charge is -2.14. The van der Waals surface area contributed by atoms with Crippen molar-refractivity contribution >= 4 is 17.3 Å². The Kier molecular flexibility index (Phi) is 4.39. The minimum absolute atomic E-state index is 0.328. The van der Waals surface area contributed by atoms with Gasteiger partial charge in [-0.15, -0.1) is 0 Å². The lowest BCUT2D eigenvalue weighted by atomic mass is 10.2. The predicted octanol–water partition coefficient (Wildman–Crippen LogP) is 1.88. The highest BCUT2D eigenvalue weighted by molar-refractivity contribution is 6.33. The summed E-state index contributed by atoms with van der Waals surface area (Å²) in [6.45, 7) is 0.726. The Morgan fingerprint density at radius 2 is 2.37 bits per heavy atom. The van der Waals surface area contributed by atoms with Crippen LogP contribution in [0.15, 0.2) is 36.7 Å². The second-order valence-corrected chi connectivity index (χ2v) is 4.48. The van der Waals surface area contributed by atoms with E-state index >= 15 is 0 Å². The molecular weight excluding hydrogens is 264 g/mol. The fourth-order valence-electron chi connectivity index (χ4n) is 1.65. The minimum Gasteiger partial charge on any atom is -0.389 e. The summed E-state index contributed by atoms with van der Waals surface area (Å²) in [5.41, 5.74) is 1.16. The first-order chi connectivity index (χ1) is 9.19. The van der Waals surface area contributed by atoms with Gasteiger partial charge in [0.2, 0.25) is 0 Å². The fraction of sp³-hybridized carbons (Fsp3) is 0.231. The Labute approximate surface area is 116 Å². The zero-order valence-corrected chi connectivity index (χ0v) is 10.9. The number of hydrogen-bond acceptors (Lipinski definition) is 4. The van der Waals surface area contributed by atoms with Crippen molar-refractivity contribution in [2.45, 2.75) is 12.6 Å². The van der Waals surface area contributed by atoms with E-state index in [0.29, 0.717) is 29.4 Å². The van der Waals surface area contributed by atoms with Crippen molar-refractivity contribution in [3.63, 3.8) is 0 Å². The number of anilines is 1. The lowest BCUT2D eigenvalue weighted by molar-refractivity contribution is 0.161. The van der Waals surface area contributed by atoms with Gasteiger partial charge in [-0.2, -0.15) is 10.4 Å². The van der Waals surface area contributed by atoms with Crippen molar-refractivity contribution < 1.29 is 5.11 Å². The van der Waals surface area contributed by atoms with Gasteiger partial charge in [0.05, 0.1) is 35.0 Å². The van der Waals surface area contributed by atoms with Crippen molar-refractivity contribution in [2.75, 3.05) is 11.9 Å². The molecule has 2 rings (SSSR count). The summed E-state index contributed by atoms with van der Waals surface area (Å²) in [6.07, 6.45) is 2.85. The zero-order chi connectivity index (χ0) is 13.7. The summed E-state index contributed by atoms with van der Waals surface area (Å²) in [4.78, 5) is 0. The lowest BCUT2D eigenvalue weighted by Crippen LogP contribution is -2.25. The first kappa shape index (κ1) is 13.4. The molecule has 0 saturated heterocycles. The molecule has 0 spiro atoms. The first-order valence-electron chi connectivity index (χ1n) is 5.78. The maximum atomic E-state index is 9.87. The number of benzene rings is 1. The molecule has 0 saturated carbocycles. The topological polar surface area (TPSA) is 73.9 Å². The summed E-state index contributed by atoms with van der Waals surface area (Å²) in [5.74, 6) is 0. The van der Waals surface area contributed by atoms with E-state index in [1.54, 1.807) is 41.3 Å². The second-order valence-electron chi connectivity index (χ2n) is 4.07. The molecule has 0 radical (unpaired) electrons. The van der Waals surface area contributed by atoms with E-state index in [2.05, 4.69) is 10.4 Å². The molecule has 98 valence electrons. The number of nitriles is 1. The number of aliphatic hydroxyl groups excluding tert-OH is 1.